The molecular formula is C17H17N3O6S. The SMILES string of the molecule is Cc1nc(C)c(C(=O)OCC(=O)NNC(=O)[C@H]2COc3ccccc3O2)s1. The minimum Gasteiger partial charge on any atom is -0.485 e. The highest BCUT2D eigenvalue weighted by atomic mass is 32.1. The average Bonchev–Trinajstić information content (AvgIpc) is 3.01. The van der Waals surface area contributed by atoms with Gasteiger partial charge in [0.2, 0.25) is 6.10 Å². The molecule has 3 rings (SSSR count). The molecule has 0 spiro atoms. The van der Waals surface area contributed by atoms with Crippen LogP contribution in [0.2, 0.25) is 0 Å². The first-order valence-electron chi connectivity index (χ1n) is 8.02. The van der Waals surface area contributed by atoms with Gasteiger partial charge in [-0.3, -0.25) is 20.4 Å². The van der Waals surface area contributed by atoms with E-state index in [1.807, 2.05) is 0 Å². The van der Waals surface area contributed by atoms with E-state index >= 15 is 0 Å². The summed E-state index contributed by atoms with van der Waals surface area (Å²) in [4.78, 5) is 40.2. The predicted octanol–water partition coefficient (Wildman–Crippen LogP) is 0.904. The number of para-hydroxylation sites is 2. The number of esters is 1. The lowest BCUT2D eigenvalue weighted by Gasteiger charge is -2.25. The summed E-state index contributed by atoms with van der Waals surface area (Å²) in [5.74, 6) is -0.920. The lowest BCUT2D eigenvalue weighted by molar-refractivity contribution is -0.135. The Labute approximate surface area is 158 Å². The third kappa shape index (κ3) is 4.53. The summed E-state index contributed by atoms with van der Waals surface area (Å²) in [6.45, 7) is 2.93. The van der Waals surface area contributed by atoms with Crippen LogP contribution < -0.4 is 20.3 Å². The fourth-order valence-corrected chi connectivity index (χ4v) is 3.13. The first-order chi connectivity index (χ1) is 12.9. The molecule has 142 valence electrons. The number of aromatic nitrogens is 1. The predicted molar refractivity (Wildman–Crippen MR) is 94.5 cm³/mol. The molecular weight excluding hydrogens is 374 g/mol. The Bertz CT molecular complexity index is 881. The largest absolute Gasteiger partial charge is 0.485 e. The molecule has 1 aliphatic heterocycles. The molecule has 2 N–H and O–H groups in total. The van der Waals surface area contributed by atoms with Crippen LogP contribution in [0.4, 0.5) is 0 Å². The molecule has 0 radical (unpaired) electrons. The summed E-state index contributed by atoms with van der Waals surface area (Å²) in [5.41, 5.74) is 4.93. The highest BCUT2D eigenvalue weighted by Crippen LogP contribution is 2.30. The molecule has 2 amide bonds. The van der Waals surface area contributed by atoms with Crippen molar-refractivity contribution in [3.63, 3.8) is 0 Å². The van der Waals surface area contributed by atoms with Crippen molar-refractivity contribution in [1.82, 2.24) is 15.8 Å². The van der Waals surface area contributed by atoms with Crippen molar-refractivity contribution in [2.24, 2.45) is 0 Å². The van der Waals surface area contributed by atoms with E-state index in [0.717, 1.165) is 5.01 Å². The lowest BCUT2D eigenvalue weighted by Crippen LogP contribution is -2.51. The van der Waals surface area contributed by atoms with Gasteiger partial charge in [0, 0.05) is 0 Å². The van der Waals surface area contributed by atoms with Gasteiger partial charge in [0.15, 0.2) is 18.1 Å². The van der Waals surface area contributed by atoms with Gasteiger partial charge in [0.25, 0.3) is 11.8 Å². The fourth-order valence-electron chi connectivity index (χ4n) is 2.31. The number of amides is 2. The van der Waals surface area contributed by atoms with Gasteiger partial charge in [-0.2, -0.15) is 0 Å². The Balaban J connectivity index is 1.43. The smallest absolute Gasteiger partial charge is 0.350 e. The summed E-state index contributed by atoms with van der Waals surface area (Å²) >= 11 is 1.19. The zero-order valence-electron chi connectivity index (χ0n) is 14.6. The number of hydrogen-bond acceptors (Lipinski definition) is 8. The van der Waals surface area contributed by atoms with E-state index in [9.17, 15) is 14.4 Å². The van der Waals surface area contributed by atoms with Crippen molar-refractivity contribution in [1.29, 1.82) is 0 Å². The van der Waals surface area contributed by atoms with Gasteiger partial charge in [-0.25, -0.2) is 9.78 Å². The van der Waals surface area contributed by atoms with Crippen molar-refractivity contribution < 1.29 is 28.6 Å². The van der Waals surface area contributed by atoms with E-state index in [1.54, 1.807) is 38.1 Å². The summed E-state index contributed by atoms with van der Waals surface area (Å²) in [6, 6.07) is 6.95. The second kappa shape index (κ2) is 8.04. The molecule has 10 heteroatoms. The van der Waals surface area contributed by atoms with Gasteiger partial charge in [-0.05, 0) is 26.0 Å². The van der Waals surface area contributed by atoms with Crippen LogP contribution in [0.3, 0.4) is 0 Å². The number of aryl methyl sites for hydroxylation is 2. The second-order valence-electron chi connectivity index (χ2n) is 5.63. The Morgan fingerprint density at radius 1 is 1.22 bits per heavy atom. The van der Waals surface area contributed by atoms with E-state index in [-0.39, 0.29) is 6.61 Å². The van der Waals surface area contributed by atoms with E-state index in [4.69, 9.17) is 14.2 Å². The minimum absolute atomic E-state index is 0.0116. The first kappa shape index (κ1) is 18.6. The molecule has 0 saturated heterocycles. The fraction of sp³-hybridized carbons (Fsp3) is 0.294. The molecule has 9 nitrogen and oxygen atoms in total. The lowest BCUT2D eigenvalue weighted by atomic mass is 10.2. The number of ether oxygens (including phenoxy) is 3. The van der Waals surface area contributed by atoms with Crippen LogP contribution in [0.1, 0.15) is 20.4 Å². The van der Waals surface area contributed by atoms with Crippen LogP contribution in [-0.4, -0.2) is 42.1 Å². The number of carbonyl (C=O) groups excluding carboxylic acids is 3. The maximum atomic E-state index is 12.1. The standard InChI is InChI=1S/C17H17N3O6S/c1-9-15(27-10(2)18-9)17(23)25-8-14(21)19-20-16(22)13-7-24-11-5-3-4-6-12(11)26-13/h3-6,13H,7-8H2,1-2H3,(H,19,21)(H,20,22)/t13-/m1/s1. The van der Waals surface area contributed by atoms with Crippen LogP contribution in [0.25, 0.3) is 0 Å². The van der Waals surface area contributed by atoms with Crippen molar-refractivity contribution in [2.75, 3.05) is 13.2 Å². The van der Waals surface area contributed by atoms with Gasteiger partial charge in [-0.15, -0.1) is 11.3 Å². The number of thiazole rings is 1. The number of hydrazine groups is 1. The summed E-state index contributed by atoms with van der Waals surface area (Å²) < 4.78 is 15.9. The number of nitrogens with one attached hydrogen (secondary N) is 2. The third-order valence-electron chi connectivity index (χ3n) is 3.55. The molecule has 2 heterocycles. The van der Waals surface area contributed by atoms with Gasteiger partial charge in [0.1, 0.15) is 11.5 Å². The number of hydrogen-bond donors (Lipinski definition) is 2. The number of rotatable bonds is 4. The van der Waals surface area contributed by atoms with E-state index in [0.29, 0.717) is 22.1 Å². The average molecular weight is 391 g/mol. The van der Waals surface area contributed by atoms with Crippen molar-refractivity contribution in [3.8, 4) is 11.5 Å². The van der Waals surface area contributed by atoms with E-state index < -0.39 is 30.5 Å². The third-order valence-corrected chi connectivity index (χ3v) is 4.60. The van der Waals surface area contributed by atoms with Gasteiger partial charge in [0.05, 0.1) is 10.7 Å². The van der Waals surface area contributed by atoms with Crippen molar-refractivity contribution >= 4 is 29.1 Å². The molecule has 0 aliphatic carbocycles. The molecule has 27 heavy (non-hydrogen) atoms. The van der Waals surface area contributed by atoms with E-state index in [2.05, 4.69) is 15.8 Å². The molecule has 1 aromatic heterocycles. The van der Waals surface area contributed by atoms with Crippen LogP contribution in [0.5, 0.6) is 11.5 Å². The topological polar surface area (TPSA) is 116 Å². The Hall–Kier alpha value is -3.14. The molecule has 1 atom stereocenters. The van der Waals surface area contributed by atoms with Crippen molar-refractivity contribution in [2.45, 2.75) is 20.0 Å². The number of carbonyl (C=O) groups is 3. The van der Waals surface area contributed by atoms with Crippen LogP contribution in [0, 0.1) is 13.8 Å². The molecule has 0 saturated carbocycles. The maximum absolute atomic E-state index is 12.1. The van der Waals surface area contributed by atoms with Crippen molar-refractivity contribution in [3.05, 3.63) is 39.8 Å². The maximum Gasteiger partial charge on any atom is 0.350 e. The molecule has 0 unspecified atom stereocenters. The normalized spacial score (nSPS) is 15.0. The van der Waals surface area contributed by atoms with Crippen LogP contribution >= 0.6 is 11.3 Å². The van der Waals surface area contributed by atoms with E-state index in [1.165, 1.54) is 11.3 Å². The molecule has 1 aliphatic rings. The number of nitrogens with zero attached hydrogens (tertiary/aromatic N) is 1. The number of fused-ring (bicyclic) bond motifs is 1. The zero-order chi connectivity index (χ0) is 19.4. The molecule has 0 bridgehead atoms. The Morgan fingerprint density at radius 2 is 1.96 bits per heavy atom. The van der Waals surface area contributed by atoms with Gasteiger partial charge in [-0.1, -0.05) is 12.1 Å². The number of benzene rings is 1. The van der Waals surface area contributed by atoms with Crippen LogP contribution in [-0.2, 0) is 14.3 Å². The Kier molecular flexibility index (Phi) is 5.55. The molecule has 1 aromatic carbocycles. The summed E-state index contributed by atoms with van der Waals surface area (Å²) in [5, 5.41) is 0.729. The second-order valence-corrected chi connectivity index (χ2v) is 6.83. The van der Waals surface area contributed by atoms with Gasteiger partial charge < -0.3 is 14.2 Å². The zero-order valence-corrected chi connectivity index (χ0v) is 15.4. The van der Waals surface area contributed by atoms with Gasteiger partial charge >= 0.3 is 5.97 Å². The molecule has 2 aromatic rings. The summed E-state index contributed by atoms with van der Waals surface area (Å²) in [7, 11) is 0. The highest BCUT2D eigenvalue weighted by molar-refractivity contribution is 7.13. The summed E-state index contributed by atoms with van der Waals surface area (Å²) in [6.07, 6.45) is -0.912. The monoisotopic (exact) mass is 391 g/mol. The quantitative estimate of drug-likeness (QED) is 0.588. The molecule has 0 fully saturated rings. The minimum atomic E-state index is -0.912. The first-order valence-corrected chi connectivity index (χ1v) is 8.84. The van der Waals surface area contributed by atoms with Crippen LogP contribution in [0.15, 0.2) is 24.3 Å². The highest BCUT2D eigenvalue weighted by Gasteiger charge is 2.27. The Morgan fingerprint density at radius 3 is 2.67 bits per heavy atom.